The van der Waals surface area contributed by atoms with Crippen LogP contribution in [0.2, 0.25) is 0 Å². The van der Waals surface area contributed by atoms with Crippen molar-refractivity contribution in [2.45, 2.75) is 18.8 Å². The summed E-state index contributed by atoms with van der Waals surface area (Å²) in [4.78, 5) is 23.7. The summed E-state index contributed by atoms with van der Waals surface area (Å²) >= 11 is 0. The topological polar surface area (TPSA) is 67.9 Å². The van der Waals surface area contributed by atoms with E-state index in [2.05, 4.69) is 5.32 Å². The fourth-order valence-electron chi connectivity index (χ4n) is 2.08. The molecular formula is C17H14FNO4. The summed E-state index contributed by atoms with van der Waals surface area (Å²) in [7, 11) is 0. The Morgan fingerprint density at radius 1 is 1.09 bits per heavy atom. The molecule has 3 rings (SSSR count). The van der Waals surface area contributed by atoms with Crippen LogP contribution in [0.25, 0.3) is 0 Å². The van der Waals surface area contributed by atoms with Crippen LogP contribution < -0.4 is 5.32 Å². The molecule has 1 aliphatic rings. The number of ether oxygens (including phenoxy) is 2. The van der Waals surface area contributed by atoms with Gasteiger partial charge in [-0.25, -0.2) is 9.18 Å². The second-order valence-corrected chi connectivity index (χ2v) is 5.07. The van der Waals surface area contributed by atoms with Gasteiger partial charge in [0.25, 0.3) is 5.91 Å². The van der Waals surface area contributed by atoms with Crippen molar-refractivity contribution in [1.82, 2.24) is 0 Å². The molecule has 1 saturated heterocycles. The Morgan fingerprint density at radius 3 is 2.61 bits per heavy atom. The minimum atomic E-state index is -0.910. The van der Waals surface area contributed by atoms with Crippen molar-refractivity contribution in [3.05, 3.63) is 66.0 Å². The molecule has 0 saturated carbocycles. The molecule has 0 aliphatic carbocycles. The van der Waals surface area contributed by atoms with Crippen LogP contribution in [0.3, 0.4) is 0 Å². The number of carbonyl (C=O) groups excluding carboxylic acids is 2. The van der Waals surface area contributed by atoms with Gasteiger partial charge in [-0.3, -0.25) is 4.79 Å². The lowest BCUT2D eigenvalue weighted by Crippen LogP contribution is -2.23. The molecule has 2 aromatic rings. The number of anilines is 1. The highest BCUT2D eigenvalue weighted by Crippen LogP contribution is 2.25. The van der Waals surface area contributed by atoms with Gasteiger partial charge < -0.3 is 14.8 Å². The van der Waals surface area contributed by atoms with Crippen molar-refractivity contribution in [2.75, 3.05) is 5.32 Å². The van der Waals surface area contributed by atoms with E-state index in [0.717, 1.165) is 5.56 Å². The van der Waals surface area contributed by atoms with Crippen LogP contribution in [-0.4, -0.2) is 24.1 Å². The summed E-state index contributed by atoms with van der Waals surface area (Å²) in [5, 5.41) is 2.49. The third-order valence-electron chi connectivity index (χ3n) is 3.30. The molecule has 2 aromatic carbocycles. The van der Waals surface area contributed by atoms with Gasteiger partial charge in [0.15, 0.2) is 12.2 Å². The fraction of sp³-hybridized carbons (Fsp3) is 0.176. The highest BCUT2D eigenvalue weighted by atomic mass is 19.1. The van der Waals surface area contributed by atoms with E-state index in [4.69, 9.17) is 9.47 Å². The first-order valence-corrected chi connectivity index (χ1v) is 7.06. The van der Waals surface area contributed by atoms with Crippen molar-refractivity contribution in [3.8, 4) is 0 Å². The van der Waals surface area contributed by atoms with Gasteiger partial charge in [-0.1, -0.05) is 36.4 Å². The first-order valence-electron chi connectivity index (χ1n) is 7.06. The van der Waals surface area contributed by atoms with Gasteiger partial charge in [0, 0.05) is 5.69 Å². The molecular weight excluding hydrogens is 301 g/mol. The third-order valence-corrected chi connectivity index (χ3v) is 3.30. The normalized spacial score (nSPS) is 19.0. The maximum absolute atomic E-state index is 13.0. The second kappa shape index (κ2) is 6.58. The zero-order valence-corrected chi connectivity index (χ0v) is 12.1. The number of benzene rings is 2. The quantitative estimate of drug-likeness (QED) is 0.679. The van der Waals surface area contributed by atoms with E-state index < -0.39 is 29.9 Å². The molecule has 1 fully saturated rings. The molecule has 1 amide bonds. The van der Waals surface area contributed by atoms with E-state index >= 15 is 0 Å². The minimum absolute atomic E-state index is 0.123. The van der Waals surface area contributed by atoms with Crippen LogP contribution in [0, 0.1) is 5.82 Å². The highest BCUT2D eigenvalue weighted by Gasteiger charge is 2.51. The smallest absolute Gasteiger partial charge is 0.338 e. The molecule has 0 radical (unpaired) electrons. The van der Waals surface area contributed by atoms with E-state index in [-0.39, 0.29) is 6.61 Å². The van der Waals surface area contributed by atoms with Gasteiger partial charge in [0.1, 0.15) is 12.4 Å². The molecule has 2 atom stereocenters. The maximum Gasteiger partial charge on any atom is 0.338 e. The lowest BCUT2D eigenvalue weighted by atomic mass is 10.2. The largest absolute Gasteiger partial charge is 0.459 e. The van der Waals surface area contributed by atoms with Crippen molar-refractivity contribution >= 4 is 17.6 Å². The Bertz CT molecular complexity index is 720. The van der Waals surface area contributed by atoms with Crippen LogP contribution in [-0.2, 0) is 25.7 Å². The third kappa shape index (κ3) is 3.92. The van der Waals surface area contributed by atoms with Gasteiger partial charge >= 0.3 is 5.97 Å². The number of halogens is 1. The zero-order chi connectivity index (χ0) is 16.2. The van der Waals surface area contributed by atoms with E-state index in [0.29, 0.717) is 5.69 Å². The molecule has 1 heterocycles. The lowest BCUT2D eigenvalue weighted by molar-refractivity contribution is -0.146. The molecule has 2 unspecified atom stereocenters. The van der Waals surface area contributed by atoms with E-state index in [9.17, 15) is 14.0 Å². The van der Waals surface area contributed by atoms with Crippen LogP contribution >= 0.6 is 0 Å². The number of epoxide rings is 1. The average Bonchev–Trinajstić information content (AvgIpc) is 3.34. The Balaban J connectivity index is 1.48. The number of esters is 1. The van der Waals surface area contributed by atoms with E-state index in [1.807, 2.05) is 30.3 Å². The molecule has 5 nitrogen and oxygen atoms in total. The average molecular weight is 315 g/mol. The summed E-state index contributed by atoms with van der Waals surface area (Å²) in [6, 6.07) is 14.7. The number of carbonyl (C=O) groups is 2. The second-order valence-electron chi connectivity index (χ2n) is 5.07. The van der Waals surface area contributed by atoms with E-state index in [1.165, 1.54) is 18.2 Å². The Labute approximate surface area is 132 Å². The summed E-state index contributed by atoms with van der Waals surface area (Å²) in [6.45, 7) is 0.123. The number of nitrogens with one attached hydrogen (secondary N) is 1. The molecule has 6 heteroatoms. The number of amides is 1. The Morgan fingerprint density at radius 2 is 1.87 bits per heavy atom. The number of rotatable bonds is 5. The van der Waals surface area contributed by atoms with E-state index in [1.54, 1.807) is 6.07 Å². The molecule has 0 bridgehead atoms. The molecule has 0 spiro atoms. The van der Waals surface area contributed by atoms with Gasteiger partial charge in [-0.2, -0.15) is 0 Å². The van der Waals surface area contributed by atoms with Gasteiger partial charge in [0.2, 0.25) is 0 Å². The predicted molar refractivity (Wildman–Crippen MR) is 79.9 cm³/mol. The number of hydrogen-bond acceptors (Lipinski definition) is 4. The Kier molecular flexibility index (Phi) is 4.34. The first-order chi connectivity index (χ1) is 11.1. The SMILES string of the molecule is O=C(Nc1cccc(F)c1)C1OC1C(=O)OCc1ccccc1. The van der Waals surface area contributed by atoms with Crippen LogP contribution in [0.1, 0.15) is 5.56 Å². The van der Waals surface area contributed by atoms with Crippen LogP contribution in [0.15, 0.2) is 54.6 Å². The first kappa shape index (κ1) is 15.2. The fourth-order valence-corrected chi connectivity index (χ4v) is 2.08. The summed E-state index contributed by atoms with van der Waals surface area (Å²) in [6.07, 6.45) is -1.81. The highest BCUT2D eigenvalue weighted by molar-refractivity contribution is 6.00. The van der Waals surface area contributed by atoms with Crippen LogP contribution in [0.5, 0.6) is 0 Å². The summed E-state index contributed by atoms with van der Waals surface area (Å²) in [5.41, 5.74) is 1.16. The molecule has 118 valence electrons. The standard InChI is InChI=1S/C17H14FNO4/c18-12-7-4-8-13(9-12)19-16(20)14-15(23-14)17(21)22-10-11-5-2-1-3-6-11/h1-9,14-15H,10H2,(H,19,20). The van der Waals surface area contributed by atoms with Gasteiger partial charge in [-0.15, -0.1) is 0 Å². The van der Waals surface area contributed by atoms with Crippen molar-refractivity contribution in [1.29, 1.82) is 0 Å². The van der Waals surface area contributed by atoms with Crippen LogP contribution in [0.4, 0.5) is 10.1 Å². The Hall–Kier alpha value is -2.73. The number of hydrogen-bond donors (Lipinski definition) is 1. The molecule has 0 aromatic heterocycles. The van der Waals surface area contributed by atoms with Gasteiger partial charge in [0.05, 0.1) is 0 Å². The predicted octanol–water partition coefficient (Wildman–Crippen LogP) is 2.28. The monoisotopic (exact) mass is 315 g/mol. The van der Waals surface area contributed by atoms with Gasteiger partial charge in [-0.05, 0) is 23.8 Å². The summed E-state index contributed by atoms with van der Waals surface area (Å²) < 4.78 is 23.2. The van der Waals surface area contributed by atoms with Crippen molar-refractivity contribution in [3.63, 3.8) is 0 Å². The molecule has 1 N–H and O–H groups in total. The van der Waals surface area contributed by atoms with Crippen molar-refractivity contribution < 1.29 is 23.5 Å². The maximum atomic E-state index is 13.0. The molecule has 23 heavy (non-hydrogen) atoms. The zero-order valence-electron chi connectivity index (χ0n) is 12.1. The van der Waals surface area contributed by atoms with Crippen molar-refractivity contribution in [2.24, 2.45) is 0 Å². The summed E-state index contributed by atoms with van der Waals surface area (Å²) in [5.74, 6) is -1.55. The molecule has 1 aliphatic heterocycles. The lowest BCUT2D eigenvalue weighted by Gasteiger charge is -2.04. The minimum Gasteiger partial charge on any atom is -0.459 e.